The predicted octanol–water partition coefficient (Wildman–Crippen LogP) is 2.68. The Kier molecular flexibility index (Phi) is 5.34. The average molecular weight is 403 g/mol. The maximum Gasteiger partial charge on any atom is 0.332 e. The van der Waals surface area contributed by atoms with Crippen molar-refractivity contribution < 1.29 is 9.21 Å². The molecule has 0 aliphatic rings. The number of carbonyl (C=O) groups is 1. The third-order valence-electron chi connectivity index (χ3n) is 5.04. The van der Waals surface area contributed by atoms with Crippen molar-refractivity contribution in [2.45, 2.75) is 26.1 Å². The van der Waals surface area contributed by atoms with E-state index in [1.165, 1.54) is 15.4 Å². The van der Waals surface area contributed by atoms with Gasteiger partial charge in [-0.3, -0.25) is 18.7 Å². The molecule has 0 aliphatic heterocycles. The molecule has 0 unspecified atom stereocenters. The van der Waals surface area contributed by atoms with E-state index >= 15 is 0 Å². The fourth-order valence-electron chi connectivity index (χ4n) is 3.46. The summed E-state index contributed by atoms with van der Waals surface area (Å²) in [5, 5.41) is 3.17. The molecule has 0 fully saturated rings. The Labute approximate surface area is 172 Å². The molecule has 152 valence electrons. The zero-order valence-corrected chi connectivity index (χ0v) is 16.4. The summed E-state index contributed by atoms with van der Waals surface area (Å²) in [5.41, 5.74) is 0.355. The minimum Gasteiger partial charge on any atom is -0.467 e. The van der Waals surface area contributed by atoms with Crippen LogP contribution in [0.3, 0.4) is 0 Å². The van der Waals surface area contributed by atoms with Gasteiger partial charge in [0.15, 0.2) is 0 Å². The number of carbonyl (C=O) groups excluding carboxylic acids is 1. The molecule has 0 bridgehead atoms. The molecule has 2 heterocycles. The zero-order valence-electron chi connectivity index (χ0n) is 16.4. The van der Waals surface area contributed by atoms with Crippen LogP contribution in [0.1, 0.15) is 24.3 Å². The fraction of sp³-hybridized carbons (Fsp3) is 0.174. The lowest BCUT2D eigenvalue weighted by atomic mass is 10.2. The van der Waals surface area contributed by atoms with Crippen LogP contribution >= 0.6 is 0 Å². The Morgan fingerprint density at radius 1 is 1.00 bits per heavy atom. The summed E-state index contributed by atoms with van der Waals surface area (Å²) in [7, 11) is 0. The van der Waals surface area contributed by atoms with E-state index in [1.54, 1.807) is 43.3 Å². The van der Waals surface area contributed by atoms with Crippen molar-refractivity contribution in [3.8, 4) is 0 Å². The van der Waals surface area contributed by atoms with Crippen molar-refractivity contribution in [2.24, 2.45) is 0 Å². The van der Waals surface area contributed by atoms with Gasteiger partial charge in [-0.25, -0.2) is 4.79 Å². The molecule has 2 aromatic carbocycles. The molecule has 7 heteroatoms. The second-order valence-electron chi connectivity index (χ2n) is 7.02. The summed E-state index contributed by atoms with van der Waals surface area (Å²) in [4.78, 5) is 39.1. The molecule has 0 spiro atoms. The third kappa shape index (κ3) is 3.69. The lowest BCUT2D eigenvalue weighted by Crippen LogP contribution is -2.44. The number of hydrogen-bond donors (Lipinski definition) is 1. The van der Waals surface area contributed by atoms with Gasteiger partial charge in [-0.2, -0.15) is 0 Å². The first kappa shape index (κ1) is 19.4. The van der Waals surface area contributed by atoms with Crippen LogP contribution in [0.15, 0.2) is 87.0 Å². The van der Waals surface area contributed by atoms with E-state index in [2.05, 4.69) is 5.32 Å². The molecular formula is C23H21N3O4. The number of benzene rings is 2. The third-order valence-corrected chi connectivity index (χ3v) is 5.04. The van der Waals surface area contributed by atoms with E-state index in [0.717, 1.165) is 5.56 Å². The molecule has 4 rings (SSSR count). The van der Waals surface area contributed by atoms with Gasteiger partial charge in [0.1, 0.15) is 11.8 Å². The van der Waals surface area contributed by atoms with Gasteiger partial charge in [0.05, 0.1) is 30.3 Å². The number of aromatic nitrogens is 2. The Morgan fingerprint density at radius 3 is 2.47 bits per heavy atom. The molecule has 0 saturated heterocycles. The van der Waals surface area contributed by atoms with E-state index < -0.39 is 11.7 Å². The number of para-hydroxylation sites is 1. The maximum absolute atomic E-state index is 13.3. The molecule has 30 heavy (non-hydrogen) atoms. The highest BCUT2D eigenvalue weighted by molar-refractivity contribution is 5.84. The van der Waals surface area contributed by atoms with Crippen LogP contribution in [-0.4, -0.2) is 15.0 Å². The minimum absolute atomic E-state index is 0.129. The van der Waals surface area contributed by atoms with Crippen LogP contribution in [0, 0.1) is 0 Å². The molecule has 2 aromatic heterocycles. The van der Waals surface area contributed by atoms with Crippen LogP contribution in [-0.2, 0) is 17.9 Å². The topological polar surface area (TPSA) is 86.2 Å². The van der Waals surface area contributed by atoms with Gasteiger partial charge in [0, 0.05) is 0 Å². The highest BCUT2D eigenvalue weighted by Crippen LogP contribution is 2.14. The van der Waals surface area contributed by atoms with Crippen molar-refractivity contribution in [3.63, 3.8) is 0 Å². The first-order chi connectivity index (χ1) is 14.6. The number of hydrogen-bond acceptors (Lipinski definition) is 4. The summed E-state index contributed by atoms with van der Waals surface area (Å²) in [5.74, 6) is 0.269. The van der Waals surface area contributed by atoms with Crippen LogP contribution in [0.2, 0.25) is 0 Å². The molecular weight excluding hydrogens is 382 g/mol. The monoisotopic (exact) mass is 403 g/mol. The number of amides is 1. The van der Waals surface area contributed by atoms with Gasteiger partial charge >= 0.3 is 5.69 Å². The molecule has 1 amide bonds. The summed E-state index contributed by atoms with van der Waals surface area (Å²) in [6.45, 7) is 1.99. The standard InChI is InChI=1S/C23H21N3O4/c1-16(21(27)24-14-18-10-7-13-30-18)26-20-12-6-5-11-19(20)22(28)25(23(26)29)15-17-8-3-2-4-9-17/h2-13,16H,14-15H2,1H3,(H,24,27)/t16-/m1/s1. The molecule has 0 radical (unpaired) electrons. The second kappa shape index (κ2) is 8.24. The molecule has 4 aromatic rings. The number of furan rings is 1. The number of fused-ring (bicyclic) bond motifs is 1. The van der Waals surface area contributed by atoms with Crippen molar-refractivity contribution in [1.82, 2.24) is 14.5 Å². The Hall–Kier alpha value is -3.87. The lowest BCUT2D eigenvalue weighted by molar-refractivity contribution is -0.124. The minimum atomic E-state index is -0.819. The summed E-state index contributed by atoms with van der Waals surface area (Å²) in [6, 6.07) is 18.8. The van der Waals surface area contributed by atoms with Crippen LogP contribution in [0.25, 0.3) is 10.9 Å². The van der Waals surface area contributed by atoms with Crippen molar-refractivity contribution in [2.75, 3.05) is 0 Å². The van der Waals surface area contributed by atoms with Gasteiger partial charge < -0.3 is 9.73 Å². The number of nitrogens with zero attached hydrogens (tertiary/aromatic N) is 2. The maximum atomic E-state index is 13.3. The van der Waals surface area contributed by atoms with E-state index in [0.29, 0.717) is 16.7 Å². The van der Waals surface area contributed by atoms with Gasteiger partial charge in [-0.1, -0.05) is 42.5 Å². The van der Waals surface area contributed by atoms with E-state index in [4.69, 9.17) is 4.42 Å². The van der Waals surface area contributed by atoms with Gasteiger partial charge in [0.25, 0.3) is 5.56 Å². The van der Waals surface area contributed by atoms with E-state index in [9.17, 15) is 14.4 Å². The summed E-state index contributed by atoms with van der Waals surface area (Å²) in [6.07, 6.45) is 1.53. The molecule has 0 aliphatic carbocycles. The van der Waals surface area contributed by atoms with Gasteiger partial charge in [-0.15, -0.1) is 0 Å². The Balaban J connectivity index is 1.77. The van der Waals surface area contributed by atoms with Crippen LogP contribution in [0.5, 0.6) is 0 Å². The van der Waals surface area contributed by atoms with Gasteiger partial charge in [0.2, 0.25) is 5.91 Å². The molecule has 1 N–H and O–H groups in total. The lowest BCUT2D eigenvalue weighted by Gasteiger charge is -2.19. The van der Waals surface area contributed by atoms with Crippen LogP contribution < -0.4 is 16.6 Å². The first-order valence-electron chi connectivity index (χ1n) is 9.64. The predicted molar refractivity (Wildman–Crippen MR) is 113 cm³/mol. The largest absolute Gasteiger partial charge is 0.467 e. The number of nitrogens with one attached hydrogen (secondary N) is 1. The second-order valence-corrected chi connectivity index (χ2v) is 7.02. The van der Waals surface area contributed by atoms with Gasteiger partial charge in [-0.05, 0) is 36.8 Å². The summed E-state index contributed by atoms with van der Waals surface area (Å²) < 4.78 is 7.78. The molecule has 7 nitrogen and oxygen atoms in total. The van der Waals surface area contributed by atoms with E-state index in [-0.39, 0.29) is 24.6 Å². The Morgan fingerprint density at radius 2 is 1.73 bits per heavy atom. The molecule has 1 atom stereocenters. The van der Waals surface area contributed by atoms with Crippen LogP contribution in [0.4, 0.5) is 0 Å². The quantitative estimate of drug-likeness (QED) is 0.536. The Bertz CT molecular complexity index is 1290. The zero-order chi connectivity index (χ0) is 21.1. The fourth-order valence-corrected chi connectivity index (χ4v) is 3.46. The van der Waals surface area contributed by atoms with Crippen molar-refractivity contribution >= 4 is 16.8 Å². The SMILES string of the molecule is C[C@H](C(=O)NCc1ccco1)n1c(=O)n(Cc2ccccc2)c(=O)c2ccccc21. The molecule has 0 saturated carbocycles. The smallest absolute Gasteiger partial charge is 0.332 e. The number of rotatable bonds is 6. The normalized spacial score (nSPS) is 12.0. The van der Waals surface area contributed by atoms with Crippen molar-refractivity contribution in [3.05, 3.63) is 105 Å². The highest BCUT2D eigenvalue weighted by atomic mass is 16.3. The van der Waals surface area contributed by atoms with E-state index in [1.807, 2.05) is 30.3 Å². The summed E-state index contributed by atoms with van der Waals surface area (Å²) >= 11 is 0. The highest BCUT2D eigenvalue weighted by Gasteiger charge is 2.22. The first-order valence-corrected chi connectivity index (χ1v) is 9.64. The van der Waals surface area contributed by atoms with Crippen molar-refractivity contribution in [1.29, 1.82) is 0 Å². The average Bonchev–Trinajstić information content (AvgIpc) is 3.29.